The molecule has 0 aliphatic heterocycles. The Bertz CT molecular complexity index is 208. The second-order valence-corrected chi connectivity index (χ2v) is 7.51. The highest BCUT2D eigenvalue weighted by molar-refractivity contribution is 4.60. The van der Waals surface area contributed by atoms with Gasteiger partial charge in [0, 0.05) is 6.61 Å². The van der Waals surface area contributed by atoms with Gasteiger partial charge in [-0.15, -0.1) is 0 Å². The van der Waals surface area contributed by atoms with Crippen molar-refractivity contribution in [2.45, 2.75) is 117 Å². The van der Waals surface area contributed by atoms with Crippen LogP contribution in [0.4, 0.5) is 0 Å². The fraction of sp³-hybridized carbons (Fsp3) is 1.00. The van der Waals surface area contributed by atoms with Crippen molar-refractivity contribution >= 4 is 0 Å². The first-order valence-corrected chi connectivity index (χ1v) is 11.2. The van der Waals surface area contributed by atoms with Crippen LogP contribution >= 0.6 is 0 Å². The first-order valence-electron chi connectivity index (χ1n) is 11.2. The highest BCUT2D eigenvalue weighted by atomic mass is 16.2. The van der Waals surface area contributed by atoms with Crippen LogP contribution in [0.3, 0.4) is 0 Å². The van der Waals surface area contributed by atoms with Crippen LogP contribution in [0.2, 0.25) is 0 Å². The molecule has 0 rings (SSSR count). The van der Waals surface area contributed by atoms with Gasteiger partial charge in [0.25, 0.3) is 0 Å². The van der Waals surface area contributed by atoms with Crippen molar-refractivity contribution in [2.24, 2.45) is 0 Å². The number of aliphatic hydroxyl groups excluding tert-OH is 1. The molecular weight excluding hydrogens is 294 g/mol. The number of unbranched alkanes of at least 4 members (excludes halogenated alkanes) is 13. The predicted molar refractivity (Wildman–Crippen MR) is 109 cm³/mol. The van der Waals surface area contributed by atoms with Gasteiger partial charge in [-0.1, -0.05) is 90.9 Å². The summed E-state index contributed by atoms with van der Waals surface area (Å²) in [5, 5.41) is 8.77. The number of nitrogens with zero attached hydrogens (tertiary/aromatic N) is 1. The summed E-state index contributed by atoms with van der Waals surface area (Å²) in [6, 6.07) is 0. The van der Waals surface area contributed by atoms with Crippen LogP contribution in [0.5, 0.6) is 0 Å². The minimum atomic E-state index is 0.367. The molecule has 0 aliphatic rings. The van der Waals surface area contributed by atoms with E-state index in [9.17, 15) is 0 Å². The van der Waals surface area contributed by atoms with Crippen molar-refractivity contribution in [3.05, 3.63) is 0 Å². The molecule has 146 valence electrons. The Morgan fingerprint density at radius 2 is 0.792 bits per heavy atom. The number of aliphatic hydroxyl groups is 1. The van der Waals surface area contributed by atoms with Crippen molar-refractivity contribution in [3.63, 3.8) is 0 Å². The molecule has 0 saturated carbocycles. The Morgan fingerprint density at radius 1 is 0.458 bits per heavy atom. The van der Waals surface area contributed by atoms with Crippen LogP contribution in [-0.4, -0.2) is 36.2 Å². The Balaban J connectivity index is 3.62. The van der Waals surface area contributed by atoms with E-state index in [4.69, 9.17) is 5.11 Å². The summed E-state index contributed by atoms with van der Waals surface area (Å²) in [5.74, 6) is 0. The Morgan fingerprint density at radius 3 is 1.17 bits per heavy atom. The van der Waals surface area contributed by atoms with E-state index in [1.807, 2.05) is 0 Å². The van der Waals surface area contributed by atoms with Crippen LogP contribution < -0.4 is 0 Å². The minimum Gasteiger partial charge on any atom is -0.396 e. The molecule has 0 radical (unpaired) electrons. The summed E-state index contributed by atoms with van der Waals surface area (Å²) in [6.45, 7) is 8.94. The van der Waals surface area contributed by atoms with Crippen molar-refractivity contribution in [1.29, 1.82) is 0 Å². The van der Waals surface area contributed by atoms with E-state index >= 15 is 0 Å². The maximum atomic E-state index is 8.77. The summed E-state index contributed by atoms with van der Waals surface area (Å²) >= 11 is 0. The predicted octanol–water partition coefficient (Wildman–Crippen LogP) is 6.56. The molecule has 2 nitrogen and oxygen atoms in total. The molecule has 0 fully saturated rings. The molecule has 24 heavy (non-hydrogen) atoms. The molecule has 0 aromatic rings. The van der Waals surface area contributed by atoms with E-state index in [-0.39, 0.29) is 0 Å². The van der Waals surface area contributed by atoms with Crippen LogP contribution in [0, 0.1) is 0 Å². The van der Waals surface area contributed by atoms with Crippen LogP contribution in [0.15, 0.2) is 0 Å². The maximum Gasteiger partial charge on any atom is 0.0431 e. The van der Waals surface area contributed by atoms with Gasteiger partial charge in [-0.3, -0.25) is 0 Å². The molecule has 0 heterocycles. The molecule has 0 amide bonds. The van der Waals surface area contributed by atoms with Gasteiger partial charge in [0.05, 0.1) is 0 Å². The molecule has 0 unspecified atom stereocenters. The van der Waals surface area contributed by atoms with E-state index in [0.717, 1.165) is 6.42 Å². The third kappa shape index (κ3) is 18.3. The van der Waals surface area contributed by atoms with E-state index in [1.165, 1.54) is 116 Å². The van der Waals surface area contributed by atoms with Crippen LogP contribution in [-0.2, 0) is 0 Å². The van der Waals surface area contributed by atoms with Crippen LogP contribution in [0.1, 0.15) is 117 Å². The summed E-state index contributed by atoms with van der Waals surface area (Å²) < 4.78 is 0. The zero-order valence-electron chi connectivity index (χ0n) is 17.0. The Labute approximate surface area is 153 Å². The van der Waals surface area contributed by atoms with Crippen molar-refractivity contribution in [1.82, 2.24) is 4.90 Å². The molecule has 0 aliphatic carbocycles. The fourth-order valence-electron chi connectivity index (χ4n) is 3.37. The lowest BCUT2D eigenvalue weighted by Crippen LogP contribution is -2.27. The first-order chi connectivity index (χ1) is 11.8. The lowest BCUT2D eigenvalue weighted by atomic mass is 10.1. The molecule has 0 bridgehead atoms. The Hall–Kier alpha value is -0.0800. The van der Waals surface area contributed by atoms with Crippen molar-refractivity contribution in [2.75, 3.05) is 26.2 Å². The van der Waals surface area contributed by atoms with E-state index in [0.29, 0.717) is 6.61 Å². The van der Waals surface area contributed by atoms with Crippen molar-refractivity contribution in [3.8, 4) is 0 Å². The highest BCUT2D eigenvalue weighted by Crippen LogP contribution is 2.10. The topological polar surface area (TPSA) is 23.5 Å². The van der Waals surface area contributed by atoms with Gasteiger partial charge in [0.15, 0.2) is 0 Å². The third-order valence-corrected chi connectivity index (χ3v) is 5.04. The number of hydrogen-bond donors (Lipinski definition) is 1. The molecule has 0 atom stereocenters. The second-order valence-electron chi connectivity index (χ2n) is 7.51. The minimum absolute atomic E-state index is 0.367. The third-order valence-electron chi connectivity index (χ3n) is 5.04. The van der Waals surface area contributed by atoms with Gasteiger partial charge < -0.3 is 10.0 Å². The van der Waals surface area contributed by atoms with Gasteiger partial charge in [-0.2, -0.15) is 0 Å². The quantitative estimate of drug-likeness (QED) is 0.253. The van der Waals surface area contributed by atoms with Gasteiger partial charge in [-0.25, -0.2) is 0 Å². The average molecular weight is 342 g/mol. The molecule has 1 N–H and O–H groups in total. The lowest BCUT2D eigenvalue weighted by Gasteiger charge is -2.22. The first kappa shape index (κ1) is 23.9. The molecule has 0 saturated heterocycles. The standard InChI is InChI=1S/C22H47NO/c1-3-5-7-15-19-23(20-16-8-6-4-2)21-17-13-11-9-10-12-14-18-22-24/h24H,3-22H2,1-2H3. The SMILES string of the molecule is CCCCCCN(CCCCCC)CCCCCCCCCCO. The maximum absolute atomic E-state index is 8.77. The molecule has 0 aromatic carbocycles. The summed E-state index contributed by atoms with van der Waals surface area (Å²) in [4.78, 5) is 2.74. The molecule has 2 heteroatoms. The van der Waals surface area contributed by atoms with Gasteiger partial charge >= 0.3 is 0 Å². The molecular formula is C22H47NO. The second kappa shape index (κ2) is 21.0. The highest BCUT2D eigenvalue weighted by Gasteiger charge is 2.04. The number of rotatable bonds is 20. The summed E-state index contributed by atoms with van der Waals surface area (Å²) in [7, 11) is 0. The van der Waals surface area contributed by atoms with E-state index < -0.39 is 0 Å². The molecule has 0 spiro atoms. The molecule has 0 aromatic heterocycles. The Kier molecular flexibility index (Phi) is 20.9. The monoisotopic (exact) mass is 341 g/mol. The van der Waals surface area contributed by atoms with Gasteiger partial charge in [0.2, 0.25) is 0 Å². The lowest BCUT2D eigenvalue weighted by molar-refractivity contribution is 0.254. The summed E-state index contributed by atoms with van der Waals surface area (Å²) in [6.07, 6.45) is 21.5. The zero-order valence-corrected chi connectivity index (χ0v) is 17.0. The van der Waals surface area contributed by atoms with Gasteiger partial charge in [0.1, 0.15) is 0 Å². The van der Waals surface area contributed by atoms with Gasteiger partial charge in [-0.05, 0) is 45.3 Å². The van der Waals surface area contributed by atoms with Crippen molar-refractivity contribution < 1.29 is 5.11 Å². The summed E-state index contributed by atoms with van der Waals surface area (Å²) in [5.41, 5.74) is 0. The van der Waals surface area contributed by atoms with Crippen LogP contribution in [0.25, 0.3) is 0 Å². The van der Waals surface area contributed by atoms with E-state index in [2.05, 4.69) is 18.7 Å². The normalized spacial score (nSPS) is 11.5. The zero-order chi connectivity index (χ0) is 17.7. The average Bonchev–Trinajstić information content (AvgIpc) is 2.60. The van der Waals surface area contributed by atoms with E-state index in [1.54, 1.807) is 0 Å². The number of hydrogen-bond acceptors (Lipinski definition) is 2. The smallest absolute Gasteiger partial charge is 0.0431 e. The fourth-order valence-corrected chi connectivity index (χ4v) is 3.37. The largest absolute Gasteiger partial charge is 0.396 e.